The molecular weight excluding hydrogens is 592 g/mol. The Morgan fingerprint density at radius 3 is 1.85 bits per heavy atom. The van der Waals surface area contributed by atoms with Gasteiger partial charge in [-0.25, -0.2) is 4.98 Å². The Kier molecular flexibility index (Phi) is 5.81. The van der Waals surface area contributed by atoms with Crippen molar-refractivity contribution in [3.8, 4) is 22.6 Å². The Bertz CT molecular complexity index is 2770. The minimum Gasteiger partial charge on any atom is -0.456 e. The highest BCUT2D eigenvalue weighted by molar-refractivity contribution is 6.18. The molecule has 0 atom stereocenters. The maximum atomic E-state index is 6.53. The van der Waals surface area contributed by atoms with Crippen molar-refractivity contribution < 1.29 is 13.3 Å². The lowest BCUT2D eigenvalue weighted by Crippen LogP contribution is -2.10. The summed E-state index contributed by atoms with van der Waals surface area (Å²) in [4.78, 5) is 7.21. The van der Waals surface area contributed by atoms with Crippen LogP contribution in [0.15, 0.2) is 171 Å². The Morgan fingerprint density at radius 1 is 0.396 bits per heavy atom. The van der Waals surface area contributed by atoms with E-state index in [9.17, 15) is 0 Å². The van der Waals surface area contributed by atoms with Crippen LogP contribution in [0.2, 0.25) is 0 Å². The molecule has 0 saturated heterocycles. The van der Waals surface area contributed by atoms with Gasteiger partial charge in [-0.1, -0.05) is 84.9 Å². The van der Waals surface area contributed by atoms with Crippen LogP contribution in [0.5, 0.6) is 0 Å². The molecule has 0 amide bonds. The highest BCUT2D eigenvalue weighted by Crippen LogP contribution is 2.45. The molecule has 10 aromatic rings. The first-order valence-corrected chi connectivity index (χ1v) is 16.0. The van der Waals surface area contributed by atoms with E-state index in [0.29, 0.717) is 5.89 Å². The molecule has 5 nitrogen and oxygen atoms in total. The number of rotatable bonds is 5. The monoisotopic (exact) mass is 618 g/mol. The van der Waals surface area contributed by atoms with E-state index in [4.69, 9.17) is 18.2 Å². The van der Waals surface area contributed by atoms with E-state index >= 15 is 0 Å². The van der Waals surface area contributed by atoms with E-state index in [1.165, 1.54) is 5.56 Å². The molecule has 0 aliphatic heterocycles. The van der Waals surface area contributed by atoms with Gasteiger partial charge in [0.15, 0.2) is 5.58 Å². The molecule has 0 saturated carbocycles. The van der Waals surface area contributed by atoms with Gasteiger partial charge in [-0.2, -0.15) is 0 Å². The van der Waals surface area contributed by atoms with Crippen molar-refractivity contribution in [3.63, 3.8) is 0 Å². The molecule has 0 bridgehead atoms. The number of oxazole rings is 1. The molecule has 10 rings (SSSR count). The summed E-state index contributed by atoms with van der Waals surface area (Å²) in [6, 6.07) is 53.9. The smallest absolute Gasteiger partial charge is 0.227 e. The molecule has 226 valence electrons. The maximum absolute atomic E-state index is 6.53. The second-order valence-electron chi connectivity index (χ2n) is 11.9. The third-order valence-corrected chi connectivity index (χ3v) is 9.11. The van der Waals surface area contributed by atoms with Gasteiger partial charge in [0, 0.05) is 33.8 Å². The molecule has 48 heavy (non-hydrogen) atoms. The number of furan rings is 2. The van der Waals surface area contributed by atoms with E-state index < -0.39 is 0 Å². The number of benzene rings is 7. The molecule has 0 N–H and O–H groups in total. The van der Waals surface area contributed by atoms with Crippen LogP contribution >= 0.6 is 0 Å². The molecule has 0 aliphatic rings. The van der Waals surface area contributed by atoms with Crippen molar-refractivity contribution in [3.05, 3.63) is 158 Å². The lowest BCUT2D eigenvalue weighted by molar-refractivity contribution is 0.619. The Morgan fingerprint density at radius 2 is 1.02 bits per heavy atom. The summed E-state index contributed by atoms with van der Waals surface area (Å²) >= 11 is 0. The van der Waals surface area contributed by atoms with Crippen molar-refractivity contribution in [1.82, 2.24) is 4.98 Å². The molecule has 0 unspecified atom stereocenters. The van der Waals surface area contributed by atoms with Crippen LogP contribution in [-0.2, 0) is 0 Å². The zero-order valence-electron chi connectivity index (χ0n) is 25.6. The second kappa shape index (κ2) is 10.5. The topological polar surface area (TPSA) is 55.6 Å². The van der Waals surface area contributed by atoms with Crippen LogP contribution < -0.4 is 4.90 Å². The lowest BCUT2D eigenvalue weighted by Gasteiger charge is -2.26. The number of hydrogen-bond acceptors (Lipinski definition) is 5. The molecule has 7 aromatic carbocycles. The fraction of sp³-hybridized carbons (Fsp3) is 0. The summed E-state index contributed by atoms with van der Waals surface area (Å²) in [7, 11) is 0. The highest BCUT2D eigenvalue weighted by atomic mass is 16.4. The molecule has 3 heterocycles. The van der Waals surface area contributed by atoms with Crippen molar-refractivity contribution in [2.45, 2.75) is 0 Å². The quantitative estimate of drug-likeness (QED) is 0.192. The van der Waals surface area contributed by atoms with E-state index in [1.807, 2.05) is 66.7 Å². The standard InChI is InChI=1S/C43H26N2O3/c1-3-10-27(11-4-1)28-18-20-30(21-19-28)45(34-15-9-17-36-40(34)32-14-7-8-16-35(32)46-36)31-22-23-33-39(26-31)47-37-24-25-38-42(41(33)37)44-43(48-38)29-12-5-2-6-13-29/h1-26H. The fourth-order valence-corrected chi connectivity index (χ4v) is 6.89. The highest BCUT2D eigenvalue weighted by Gasteiger charge is 2.22. The molecule has 3 aromatic heterocycles. The number of hydrogen-bond donors (Lipinski definition) is 0. The van der Waals surface area contributed by atoms with Crippen LogP contribution in [0.4, 0.5) is 17.1 Å². The minimum atomic E-state index is 0.592. The third kappa shape index (κ3) is 4.15. The molecular formula is C43H26N2O3. The van der Waals surface area contributed by atoms with Gasteiger partial charge in [-0.3, -0.25) is 0 Å². The molecule has 0 spiro atoms. The largest absolute Gasteiger partial charge is 0.456 e. The van der Waals surface area contributed by atoms with E-state index in [0.717, 1.165) is 83.2 Å². The summed E-state index contributed by atoms with van der Waals surface area (Å²) in [6.07, 6.45) is 0. The van der Waals surface area contributed by atoms with E-state index in [2.05, 4.69) is 95.9 Å². The number of anilines is 3. The average Bonchev–Trinajstić information content (AvgIpc) is 3.86. The van der Waals surface area contributed by atoms with Crippen LogP contribution in [-0.4, -0.2) is 4.98 Å². The van der Waals surface area contributed by atoms with E-state index in [1.54, 1.807) is 0 Å². The average molecular weight is 619 g/mol. The number of nitrogens with zero attached hydrogens (tertiary/aromatic N) is 2. The van der Waals surface area contributed by atoms with Gasteiger partial charge in [-0.05, 0) is 77.9 Å². The molecule has 0 radical (unpaired) electrons. The number of aromatic nitrogens is 1. The lowest BCUT2D eigenvalue weighted by atomic mass is 10.0. The summed E-state index contributed by atoms with van der Waals surface area (Å²) in [6.45, 7) is 0. The van der Waals surface area contributed by atoms with Gasteiger partial charge in [-0.15, -0.1) is 0 Å². The first kappa shape index (κ1) is 26.6. The third-order valence-electron chi connectivity index (χ3n) is 9.11. The van der Waals surface area contributed by atoms with Crippen molar-refractivity contribution >= 4 is 72.0 Å². The zero-order valence-corrected chi connectivity index (χ0v) is 25.6. The summed E-state index contributed by atoms with van der Waals surface area (Å²) < 4.78 is 19.0. The fourth-order valence-electron chi connectivity index (χ4n) is 6.89. The first-order valence-electron chi connectivity index (χ1n) is 16.0. The van der Waals surface area contributed by atoms with Gasteiger partial charge >= 0.3 is 0 Å². The summed E-state index contributed by atoms with van der Waals surface area (Å²) in [5, 5.41) is 4.06. The van der Waals surface area contributed by atoms with Crippen LogP contribution in [0.25, 0.3) is 77.6 Å². The minimum absolute atomic E-state index is 0.592. The zero-order chi connectivity index (χ0) is 31.6. The summed E-state index contributed by atoms with van der Waals surface area (Å²) in [5.74, 6) is 0.592. The maximum Gasteiger partial charge on any atom is 0.227 e. The number of para-hydroxylation sites is 1. The van der Waals surface area contributed by atoms with Crippen molar-refractivity contribution in [1.29, 1.82) is 0 Å². The predicted octanol–water partition coefficient (Wildman–Crippen LogP) is 12.4. The predicted molar refractivity (Wildman–Crippen MR) is 194 cm³/mol. The van der Waals surface area contributed by atoms with Crippen LogP contribution in [0.3, 0.4) is 0 Å². The Balaban J connectivity index is 1.17. The van der Waals surface area contributed by atoms with Crippen LogP contribution in [0, 0.1) is 0 Å². The van der Waals surface area contributed by atoms with Gasteiger partial charge in [0.1, 0.15) is 27.8 Å². The Hall–Kier alpha value is -6.59. The second-order valence-corrected chi connectivity index (χ2v) is 11.9. The summed E-state index contributed by atoms with van der Waals surface area (Å²) in [5.41, 5.74) is 11.0. The normalized spacial score (nSPS) is 11.8. The van der Waals surface area contributed by atoms with E-state index in [-0.39, 0.29) is 0 Å². The van der Waals surface area contributed by atoms with Crippen molar-refractivity contribution in [2.24, 2.45) is 0 Å². The van der Waals surface area contributed by atoms with Crippen molar-refractivity contribution in [2.75, 3.05) is 4.90 Å². The van der Waals surface area contributed by atoms with Gasteiger partial charge in [0.05, 0.1) is 16.5 Å². The molecule has 0 aliphatic carbocycles. The van der Waals surface area contributed by atoms with Gasteiger partial charge in [0.2, 0.25) is 5.89 Å². The Labute approximate surface area is 274 Å². The SMILES string of the molecule is c1ccc(-c2ccc(N(c3ccc4c(c3)oc3ccc5oc(-c6ccccc6)nc5c34)c3cccc4oc5ccccc5c34)cc2)cc1. The first-order chi connectivity index (χ1) is 23.8. The molecule has 5 heteroatoms. The van der Waals surface area contributed by atoms with Crippen LogP contribution in [0.1, 0.15) is 0 Å². The number of fused-ring (bicyclic) bond motifs is 8. The molecule has 0 fully saturated rings. The van der Waals surface area contributed by atoms with Gasteiger partial charge in [0.25, 0.3) is 0 Å². The van der Waals surface area contributed by atoms with Gasteiger partial charge < -0.3 is 18.2 Å².